The van der Waals surface area contributed by atoms with Gasteiger partial charge in [0.15, 0.2) is 0 Å². The number of pyridine rings is 1. The molecular formula is C16H21N3S. The molecule has 4 heteroatoms. The van der Waals surface area contributed by atoms with E-state index in [-0.39, 0.29) is 0 Å². The molecule has 3 nitrogen and oxygen atoms in total. The highest BCUT2D eigenvalue weighted by Gasteiger charge is 2.18. The molecule has 0 unspecified atom stereocenters. The van der Waals surface area contributed by atoms with E-state index < -0.39 is 0 Å². The van der Waals surface area contributed by atoms with Crippen LogP contribution in [0.3, 0.4) is 0 Å². The highest BCUT2D eigenvalue weighted by molar-refractivity contribution is 7.11. The maximum absolute atomic E-state index is 4.08. The van der Waals surface area contributed by atoms with Gasteiger partial charge in [-0.15, -0.1) is 11.3 Å². The molecule has 0 saturated carbocycles. The van der Waals surface area contributed by atoms with E-state index in [0.29, 0.717) is 6.04 Å². The topological polar surface area (TPSA) is 28.2 Å². The van der Waals surface area contributed by atoms with Crippen LogP contribution in [0.4, 0.5) is 5.69 Å². The number of nitrogens with one attached hydrogen (secondary N) is 1. The summed E-state index contributed by atoms with van der Waals surface area (Å²) >= 11 is 1.89. The molecule has 2 aromatic rings. The summed E-state index contributed by atoms with van der Waals surface area (Å²) in [6.45, 7) is 5.44. The van der Waals surface area contributed by atoms with Gasteiger partial charge in [0.2, 0.25) is 0 Å². The number of anilines is 1. The number of aromatic nitrogens is 1. The maximum atomic E-state index is 4.08. The summed E-state index contributed by atoms with van der Waals surface area (Å²) < 4.78 is 0. The third-order valence-electron chi connectivity index (χ3n) is 3.88. The van der Waals surface area contributed by atoms with Gasteiger partial charge in [-0.2, -0.15) is 0 Å². The molecule has 2 aromatic heterocycles. The van der Waals surface area contributed by atoms with Crippen LogP contribution in [-0.4, -0.2) is 24.1 Å². The van der Waals surface area contributed by atoms with Crippen molar-refractivity contribution in [2.45, 2.75) is 32.4 Å². The average molecular weight is 287 g/mol. The van der Waals surface area contributed by atoms with Gasteiger partial charge >= 0.3 is 0 Å². The molecule has 106 valence electrons. The predicted molar refractivity (Wildman–Crippen MR) is 85.4 cm³/mol. The average Bonchev–Trinajstić information content (AvgIpc) is 2.92. The quantitative estimate of drug-likeness (QED) is 0.936. The molecule has 1 aliphatic heterocycles. The molecule has 20 heavy (non-hydrogen) atoms. The molecule has 3 rings (SSSR count). The van der Waals surface area contributed by atoms with Crippen LogP contribution >= 0.6 is 11.3 Å². The van der Waals surface area contributed by atoms with Crippen molar-refractivity contribution in [3.05, 3.63) is 46.4 Å². The normalized spacial score (nSPS) is 16.6. The van der Waals surface area contributed by atoms with Crippen molar-refractivity contribution >= 4 is 17.0 Å². The molecule has 3 heterocycles. The molecule has 0 spiro atoms. The zero-order valence-electron chi connectivity index (χ0n) is 11.9. The lowest BCUT2D eigenvalue weighted by molar-refractivity contribution is 0.415. The Morgan fingerprint density at radius 3 is 2.60 bits per heavy atom. The van der Waals surface area contributed by atoms with Crippen LogP contribution in [0.15, 0.2) is 36.7 Å². The van der Waals surface area contributed by atoms with Crippen LogP contribution in [0.25, 0.3) is 0 Å². The fraction of sp³-hybridized carbons (Fsp3) is 0.438. The first-order valence-corrected chi connectivity index (χ1v) is 8.06. The van der Waals surface area contributed by atoms with E-state index >= 15 is 0 Å². The zero-order chi connectivity index (χ0) is 13.8. The van der Waals surface area contributed by atoms with Crippen LogP contribution in [0.2, 0.25) is 0 Å². The van der Waals surface area contributed by atoms with E-state index in [0.717, 1.165) is 19.6 Å². The monoisotopic (exact) mass is 287 g/mol. The summed E-state index contributed by atoms with van der Waals surface area (Å²) in [4.78, 5) is 9.38. The molecular weight excluding hydrogens is 266 g/mol. The van der Waals surface area contributed by atoms with Gasteiger partial charge in [-0.3, -0.25) is 4.98 Å². The first kappa shape index (κ1) is 13.6. The second kappa shape index (κ2) is 6.37. The zero-order valence-corrected chi connectivity index (χ0v) is 12.7. The van der Waals surface area contributed by atoms with E-state index in [9.17, 15) is 0 Å². The van der Waals surface area contributed by atoms with Crippen molar-refractivity contribution in [2.24, 2.45) is 0 Å². The Morgan fingerprint density at radius 1 is 1.20 bits per heavy atom. The van der Waals surface area contributed by atoms with Gasteiger partial charge in [0.1, 0.15) is 0 Å². The molecule has 0 amide bonds. The van der Waals surface area contributed by atoms with Crippen molar-refractivity contribution < 1.29 is 0 Å². The maximum Gasteiger partial charge on any atom is 0.0397 e. The van der Waals surface area contributed by atoms with Crippen molar-refractivity contribution in [3.8, 4) is 0 Å². The van der Waals surface area contributed by atoms with Crippen LogP contribution in [0.5, 0.6) is 0 Å². The van der Waals surface area contributed by atoms with Crippen molar-refractivity contribution in [2.75, 3.05) is 18.0 Å². The molecule has 0 radical (unpaired) electrons. The summed E-state index contributed by atoms with van der Waals surface area (Å²) in [6.07, 6.45) is 6.18. The second-order valence-corrected chi connectivity index (χ2v) is 6.73. The Kier molecular flexibility index (Phi) is 4.33. The highest BCUT2D eigenvalue weighted by atomic mass is 32.1. The molecule has 1 N–H and O–H groups in total. The first-order chi connectivity index (χ1) is 9.81. The summed E-state index contributed by atoms with van der Waals surface area (Å²) in [7, 11) is 0. The van der Waals surface area contributed by atoms with Gasteiger partial charge in [0.25, 0.3) is 0 Å². The van der Waals surface area contributed by atoms with E-state index in [1.165, 1.54) is 28.3 Å². The fourth-order valence-corrected chi connectivity index (χ4v) is 3.56. The number of hydrogen-bond acceptors (Lipinski definition) is 4. The molecule has 1 saturated heterocycles. The van der Waals surface area contributed by atoms with E-state index in [1.54, 1.807) is 0 Å². The van der Waals surface area contributed by atoms with Gasteiger partial charge in [-0.25, -0.2) is 0 Å². The predicted octanol–water partition coefficient (Wildman–Crippen LogP) is 3.21. The molecule has 1 aliphatic rings. The van der Waals surface area contributed by atoms with Gasteiger partial charge in [-0.05, 0) is 44.0 Å². The third-order valence-corrected chi connectivity index (χ3v) is 4.88. The summed E-state index contributed by atoms with van der Waals surface area (Å²) in [5.41, 5.74) is 1.30. The van der Waals surface area contributed by atoms with Gasteiger partial charge in [0, 0.05) is 53.5 Å². The number of aryl methyl sites for hydroxylation is 1. The lowest BCUT2D eigenvalue weighted by atomic mass is 10.0. The third kappa shape index (κ3) is 3.38. The first-order valence-electron chi connectivity index (χ1n) is 7.25. The number of rotatable bonds is 4. The van der Waals surface area contributed by atoms with Crippen molar-refractivity contribution in [3.63, 3.8) is 0 Å². The van der Waals surface area contributed by atoms with Crippen LogP contribution in [-0.2, 0) is 6.54 Å². The number of piperidine rings is 1. The lowest BCUT2D eigenvalue weighted by Gasteiger charge is -2.34. The Labute approximate surface area is 124 Å². The Balaban J connectivity index is 1.47. The fourth-order valence-electron chi connectivity index (χ4n) is 2.72. The number of nitrogens with zero attached hydrogens (tertiary/aromatic N) is 2. The number of thiophene rings is 1. The highest BCUT2D eigenvalue weighted by Crippen LogP contribution is 2.20. The van der Waals surface area contributed by atoms with Crippen molar-refractivity contribution in [1.82, 2.24) is 10.3 Å². The summed E-state index contributed by atoms with van der Waals surface area (Å²) in [5.74, 6) is 0. The summed E-state index contributed by atoms with van der Waals surface area (Å²) in [5, 5.41) is 3.69. The van der Waals surface area contributed by atoms with E-state index in [4.69, 9.17) is 0 Å². The van der Waals surface area contributed by atoms with Gasteiger partial charge in [-0.1, -0.05) is 0 Å². The molecule has 0 aliphatic carbocycles. The minimum absolute atomic E-state index is 0.649. The van der Waals surface area contributed by atoms with E-state index in [2.05, 4.69) is 46.4 Å². The van der Waals surface area contributed by atoms with Crippen molar-refractivity contribution in [1.29, 1.82) is 0 Å². The Hall–Kier alpha value is -1.39. The molecule has 1 fully saturated rings. The lowest BCUT2D eigenvalue weighted by Crippen LogP contribution is -2.42. The minimum atomic E-state index is 0.649. The SMILES string of the molecule is Cc1ccc(CNC2CCN(c3ccncc3)CC2)s1. The second-order valence-electron chi connectivity index (χ2n) is 5.36. The number of hydrogen-bond donors (Lipinski definition) is 1. The largest absolute Gasteiger partial charge is 0.371 e. The smallest absolute Gasteiger partial charge is 0.0397 e. The van der Waals surface area contributed by atoms with Gasteiger partial charge < -0.3 is 10.2 Å². The molecule has 0 aromatic carbocycles. The summed E-state index contributed by atoms with van der Waals surface area (Å²) in [6, 6.07) is 9.28. The van der Waals surface area contributed by atoms with Crippen LogP contribution in [0, 0.1) is 6.92 Å². The van der Waals surface area contributed by atoms with Crippen LogP contribution in [0.1, 0.15) is 22.6 Å². The van der Waals surface area contributed by atoms with Gasteiger partial charge in [0.05, 0.1) is 0 Å². The Bertz CT molecular complexity index is 530. The van der Waals surface area contributed by atoms with Crippen LogP contribution < -0.4 is 10.2 Å². The molecule has 0 atom stereocenters. The minimum Gasteiger partial charge on any atom is -0.371 e. The standard InChI is InChI=1S/C16H21N3S/c1-13-2-3-16(20-13)12-18-14-6-10-19(11-7-14)15-4-8-17-9-5-15/h2-5,8-9,14,18H,6-7,10-12H2,1H3. The van der Waals surface area contributed by atoms with E-state index in [1.807, 2.05) is 23.7 Å². The molecule has 0 bridgehead atoms. The Morgan fingerprint density at radius 2 is 1.95 bits per heavy atom.